The Hall–Kier alpha value is -1.88. The Morgan fingerprint density at radius 1 is 1.35 bits per heavy atom. The molecule has 0 bridgehead atoms. The molecule has 5 nitrogen and oxygen atoms in total. The number of carbonyl (C=O) groups excluding carboxylic acids is 2. The lowest BCUT2D eigenvalue weighted by atomic mass is 9.88. The van der Waals surface area contributed by atoms with Crippen LogP contribution in [0.15, 0.2) is 24.3 Å². The van der Waals surface area contributed by atoms with E-state index in [1.807, 2.05) is 43.0 Å². The normalized spacial score (nSPS) is 21.0. The lowest BCUT2D eigenvalue weighted by molar-refractivity contribution is -0.127. The van der Waals surface area contributed by atoms with Crippen LogP contribution in [-0.4, -0.2) is 31.4 Å². The van der Waals surface area contributed by atoms with Gasteiger partial charge in [-0.3, -0.25) is 9.59 Å². The molecule has 2 atom stereocenters. The topological polar surface area (TPSA) is 61.4 Å². The lowest BCUT2D eigenvalue weighted by Crippen LogP contribution is -2.49. The molecule has 3 rings (SSSR count). The molecule has 1 aromatic rings. The zero-order chi connectivity index (χ0) is 16.4. The van der Waals surface area contributed by atoms with Crippen LogP contribution in [0.4, 0.5) is 5.69 Å². The number of anilines is 1. The molecule has 23 heavy (non-hydrogen) atoms. The molecule has 0 aliphatic carbocycles. The summed E-state index contributed by atoms with van der Waals surface area (Å²) in [7, 11) is 0. The first-order chi connectivity index (χ1) is 11.1. The summed E-state index contributed by atoms with van der Waals surface area (Å²) >= 11 is 0. The second-order valence-corrected chi connectivity index (χ2v) is 6.68. The van der Waals surface area contributed by atoms with Gasteiger partial charge < -0.3 is 15.5 Å². The van der Waals surface area contributed by atoms with Crippen LogP contribution in [0.25, 0.3) is 0 Å². The van der Waals surface area contributed by atoms with Gasteiger partial charge >= 0.3 is 0 Å². The highest BCUT2D eigenvalue weighted by atomic mass is 16.2. The summed E-state index contributed by atoms with van der Waals surface area (Å²) in [6.45, 7) is 6.63. The summed E-state index contributed by atoms with van der Waals surface area (Å²) in [5.74, 6) is 0.759. The fourth-order valence-corrected chi connectivity index (χ4v) is 3.19. The molecule has 5 heteroatoms. The third-order valence-corrected chi connectivity index (χ3v) is 5.05. The van der Waals surface area contributed by atoms with Gasteiger partial charge in [-0.1, -0.05) is 19.1 Å². The Morgan fingerprint density at radius 2 is 2.13 bits per heavy atom. The summed E-state index contributed by atoms with van der Waals surface area (Å²) in [5.41, 5.74) is 1.97. The number of benzene rings is 1. The SMILES string of the molecule is CC(NC(=O)C(C)C1CNC1)c1cccc(N2CCCC2=O)c1. The van der Waals surface area contributed by atoms with Crippen LogP contribution in [0, 0.1) is 11.8 Å². The molecule has 2 amide bonds. The van der Waals surface area contributed by atoms with E-state index in [2.05, 4.69) is 10.6 Å². The minimum atomic E-state index is -0.0596. The van der Waals surface area contributed by atoms with Gasteiger partial charge in [-0.25, -0.2) is 0 Å². The first-order valence-corrected chi connectivity index (χ1v) is 8.47. The predicted molar refractivity (Wildman–Crippen MR) is 90.1 cm³/mol. The van der Waals surface area contributed by atoms with Crippen molar-refractivity contribution >= 4 is 17.5 Å². The van der Waals surface area contributed by atoms with E-state index in [0.29, 0.717) is 12.3 Å². The number of hydrogen-bond acceptors (Lipinski definition) is 3. The van der Waals surface area contributed by atoms with Crippen LogP contribution in [0.1, 0.15) is 38.3 Å². The van der Waals surface area contributed by atoms with Crippen LogP contribution in [-0.2, 0) is 9.59 Å². The van der Waals surface area contributed by atoms with Crippen molar-refractivity contribution in [3.05, 3.63) is 29.8 Å². The smallest absolute Gasteiger partial charge is 0.227 e. The summed E-state index contributed by atoms with van der Waals surface area (Å²) in [5, 5.41) is 6.31. The Labute approximate surface area is 137 Å². The highest BCUT2D eigenvalue weighted by Crippen LogP contribution is 2.25. The Morgan fingerprint density at radius 3 is 2.74 bits per heavy atom. The number of nitrogens with zero attached hydrogens (tertiary/aromatic N) is 1. The monoisotopic (exact) mass is 315 g/mol. The molecule has 0 spiro atoms. The number of rotatable bonds is 5. The molecular weight excluding hydrogens is 290 g/mol. The van der Waals surface area contributed by atoms with Crippen molar-refractivity contribution in [1.29, 1.82) is 0 Å². The third kappa shape index (κ3) is 3.39. The maximum atomic E-state index is 12.4. The van der Waals surface area contributed by atoms with E-state index in [1.165, 1.54) is 0 Å². The molecule has 0 aromatic heterocycles. The minimum absolute atomic E-state index is 0.0297. The number of amides is 2. The molecule has 2 aliphatic rings. The fraction of sp³-hybridized carbons (Fsp3) is 0.556. The van der Waals surface area contributed by atoms with Crippen LogP contribution < -0.4 is 15.5 Å². The molecule has 124 valence electrons. The summed E-state index contributed by atoms with van der Waals surface area (Å²) in [6.07, 6.45) is 1.55. The Kier molecular flexibility index (Phi) is 4.66. The van der Waals surface area contributed by atoms with Gasteiger partial charge in [0.05, 0.1) is 6.04 Å². The van der Waals surface area contributed by atoms with E-state index < -0.39 is 0 Å². The Balaban J connectivity index is 1.66. The van der Waals surface area contributed by atoms with Gasteiger partial charge in [0, 0.05) is 24.6 Å². The summed E-state index contributed by atoms with van der Waals surface area (Å²) in [6, 6.07) is 7.88. The molecule has 2 aliphatic heterocycles. The van der Waals surface area contributed by atoms with Crippen LogP contribution in [0.5, 0.6) is 0 Å². The predicted octanol–water partition coefficient (Wildman–Crippen LogP) is 1.85. The molecule has 2 heterocycles. The van der Waals surface area contributed by atoms with Crippen LogP contribution >= 0.6 is 0 Å². The Bertz CT molecular complexity index is 598. The summed E-state index contributed by atoms with van der Waals surface area (Å²) in [4.78, 5) is 26.1. The van der Waals surface area contributed by atoms with Gasteiger partial charge in [-0.2, -0.15) is 0 Å². The van der Waals surface area contributed by atoms with E-state index in [4.69, 9.17) is 0 Å². The third-order valence-electron chi connectivity index (χ3n) is 5.05. The van der Waals surface area contributed by atoms with Crippen molar-refractivity contribution in [1.82, 2.24) is 10.6 Å². The summed E-state index contributed by atoms with van der Waals surface area (Å²) < 4.78 is 0. The molecule has 2 unspecified atom stereocenters. The van der Waals surface area contributed by atoms with Gasteiger partial charge in [-0.05, 0) is 50.0 Å². The van der Waals surface area contributed by atoms with Crippen molar-refractivity contribution in [3.63, 3.8) is 0 Å². The molecule has 2 fully saturated rings. The maximum absolute atomic E-state index is 12.4. The molecule has 0 saturated carbocycles. The van der Waals surface area contributed by atoms with Gasteiger partial charge in [0.15, 0.2) is 0 Å². The van der Waals surface area contributed by atoms with Crippen molar-refractivity contribution in [2.75, 3.05) is 24.5 Å². The highest BCUT2D eigenvalue weighted by Gasteiger charge is 2.29. The molecule has 0 radical (unpaired) electrons. The van der Waals surface area contributed by atoms with E-state index >= 15 is 0 Å². The van der Waals surface area contributed by atoms with Gasteiger partial charge in [0.25, 0.3) is 0 Å². The van der Waals surface area contributed by atoms with Crippen molar-refractivity contribution in [3.8, 4) is 0 Å². The van der Waals surface area contributed by atoms with Gasteiger partial charge in [0.2, 0.25) is 11.8 Å². The van der Waals surface area contributed by atoms with Crippen molar-refractivity contribution in [2.24, 2.45) is 11.8 Å². The van der Waals surface area contributed by atoms with E-state index in [0.717, 1.165) is 37.3 Å². The zero-order valence-corrected chi connectivity index (χ0v) is 13.8. The first-order valence-electron chi connectivity index (χ1n) is 8.47. The van der Waals surface area contributed by atoms with Gasteiger partial charge in [-0.15, -0.1) is 0 Å². The number of hydrogen-bond donors (Lipinski definition) is 2. The average molecular weight is 315 g/mol. The lowest BCUT2D eigenvalue weighted by Gasteiger charge is -2.32. The zero-order valence-electron chi connectivity index (χ0n) is 13.8. The fourth-order valence-electron chi connectivity index (χ4n) is 3.19. The largest absolute Gasteiger partial charge is 0.349 e. The van der Waals surface area contributed by atoms with Crippen molar-refractivity contribution < 1.29 is 9.59 Å². The standard InChI is InChI=1S/C18H25N3O2/c1-12(15-10-19-11-15)18(23)20-13(2)14-5-3-6-16(9-14)21-8-4-7-17(21)22/h3,5-6,9,12-13,15,19H,4,7-8,10-11H2,1-2H3,(H,20,23). The second-order valence-electron chi connectivity index (χ2n) is 6.68. The van der Waals surface area contributed by atoms with Crippen molar-refractivity contribution in [2.45, 2.75) is 32.7 Å². The second kappa shape index (κ2) is 6.71. The molecule has 1 aromatic carbocycles. The minimum Gasteiger partial charge on any atom is -0.349 e. The molecule has 2 N–H and O–H groups in total. The maximum Gasteiger partial charge on any atom is 0.227 e. The molecule has 2 saturated heterocycles. The van der Waals surface area contributed by atoms with E-state index in [9.17, 15) is 9.59 Å². The van der Waals surface area contributed by atoms with E-state index in [-0.39, 0.29) is 23.8 Å². The highest BCUT2D eigenvalue weighted by molar-refractivity contribution is 5.95. The quantitative estimate of drug-likeness (QED) is 0.872. The first kappa shape index (κ1) is 16.0. The number of carbonyl (C=O) groups is 2. The van der Waals surface area contributed by atoms with E-state index in [1.54, 1.807) is 0 Å². The average Bonchev–Trinajstić information content (AvgIpc) is 2.91. The van der Waals surface area contributed by atoms with Gasteiger partial charge in [0.1, 0.15) is 0 Å². The molecular formula is C18H25N3O2. The van der Waals surface area contributed by atoms with Crippen LogP contribution in [0.3, 0.4) is 0 Å². The number of nitrogens with one attached hydrogen (secondary N) is 2. The van der Waals surface area contributed by atoms with Crippen LogP contribution in [0.2, 0.25) is 0 Å².